The summed E-state index contributed by atoms with van der Waals surface area (Å²) in [7, 11) is 0. The summed E-state index contributed by atoms with van der Waals surface area (Å²) in [4.78, 5) is 4.80. The molecule has 3 aromatic rings. The average Bonchev–Trinajstić information content (AvgIpc) is 3.42. The fraction of sp³-hybridized carbons (Fsp3) is 0.450. The Balaban J connectivity index is 1.44. The number of aromatic nitrogens is 4. The van der Waals surface area contributed by atoms with Crippen molar-refractivity contribution in [2.24, 2.45) is 0 Å². The third-order valence-electron chi connectivity index (χ3n) is 4.72. The van der Waals surface area contributed by atoms with Gasteiger partial charge in [-0.3, -0.25) is 0 Å². The highest BCUT2D eigenvalue weighted by atomic mass is 32.2. The molecule has 0 N–H and O–H groups in total. The van der Waals surface area contributed by atoms with Crippen LogP contribution in [0.15, 0.2) is 34.8 Å². The molecule has 27 heavy (non-hydrogen) atoms. The molecule has 4 rings (SSSR count). The van der Waals surface area contributed by atoms with Crippen LogP contribution < -0.4 is 0 Å². The van der Waals surface area contributed by atoms with E-state index in [0.29, 0.717) is 0 Å². The summed E-state index contributed by atoms with van der Waals surface area (Å²) >= 11 is 3.41. The number of benzene rings is 1. The highest BCUT2D eigenvalue weighted by Crippen LogP contribution is 2.28. The zero-order valence-electron chi connectivity index (χ0n) is 15.7. The first-order valence-electron chi connectivity index (χ1n) is 9.41. The van der Waals surface area contributed by atoms with E-state index in [2.05, 4.69) is 58.3 Å². The molecule has 142 valence electrons. The molecule has 1 saturated heterocycles. The quantitative estimate of drug-likeness (QED) is 0.536. The van der Waals surface area contributed by atoms with Gasteiger partial charge in [-0.25, -0.2) is 4.98 Å². The van der Waals surface area contributed by atoms with E-state index in [0.717, 1.165) is 59.8 Å². The minimum atomic E-state index is 0.290. The van der Waals surface area contributed by atoms with Gasteiger partial charge in [0.05, 0.1) is 18.3 Å². The summed E-state index contributed by atoms with van der Waals surface area (Å²) in [6.07, 6.45) is 3.45. The number of aryl methyl sites for hydroxylation is 2. The maximum absolute atomic E-state index is 5.81. The van der Waals surface area contributed by atoms with Crippen LogP contribution in [0.25, 0.3) is 10.6 Å². The number of ether oxygens (including phenoxy) is 1. The van der Waals surface area contributed by atoms with E-state index in [4.69, 9.17) is 9.72 Å². The minimum Gasteiger partial charge on any atom is -0.376 e. The molecule has 5 nitrogen and oxygen atoms in total. The summed E-state index contributed by atoms with van der Waals surface area (Å²) in [5.41, 5.74) is 3.53. The number of nitrogens with zero attached hydrogens (tertiary/aromatic N) is 4. The van der Waals surface area contributed by atoms with E-state index in [1.807, 2.05) is 0 Å². The lowest BCUT2D eigenvalue weighted by Gasteiger charge is -2.13. The van der Waals surface area contributed by atoms with Gasteiger partial charge in [0.1, 0.15) is 10.8 Å². The predicted molar refractivity (Wildman–Crippen MR) is 110 cm³/mol. The largest absolute Gasteiger partial charge is 0.376 e. The van der Waals surface area contributed by atoms with Gasteiger partial charge in [0.2, 0.25) is 0 Å². The first-order valence-corrected chi connectivity index (χ1v) is 11.3. The van der Waals surface area contributed by atoms with Crippen molar-refractivity contribution in [3.05, 3.63) is 46.7 Å². The second-order valence-corrected chi connectivity index (χ2v) is 8.60. The third kappa shape index (κ3) is 4.42. The van der Waals surface area contributed by atoms with Crippen LogP contribution in [0.4, 0.5) is 0 Å². The lowest BCUT2D eigenvalue weighted by Crippen LogP contribution is -2.17. The molecule has 0 spiro atoms. The Hall–Kier alpha value is -1.70. The first-order chi connectivity index (χ1) is 13.2. The number of hydrogen-bond donors (Lipinski definition) is 0. The van der Waals surface area contributed by atoms with Crippen molar-refractivity contribution in [3.63, 3.8) is 0 Å². The Morgan fingerprint density at radius 1 is 1.26 bits per heavy atom. The van der Waals surface area contributed by atoms with Crippen LogP contribution in [-0.2, 0) is 23.5 Å². The van der Waals surface area contributed by atoms with Crippen molar-refractivity contribution in [3.8, 4) is 10.6 Å². The van der Waals surface area contributed by atoms with E-state index in [-0.39, 0.29) is 6.10 Å². The maximum Gasteiger partial charge on any atom is 0.191 e. The Bertz CT molecular complexity index is 882. The molecule has 1 fully saturated rings. The van der Waals surface area contributed by atoms with Crippen molar-refractivity contribution in [2.75, 3.05) is 6.61 Å². The van der Waals surface area contributed by atoms with Crippen molar-refractivity contribution in [1.82, 2.24) is 19.7 Å². The zero-order valence-corrected chi connectivity index (χ0v) is 17.4. The van der Waals surface area contributed by atoms with Crippen LogP contribution in [0.3, 0.4) is 0 Å². The van der Waals surface area contributed by atoms with E-state index in [1.165, 1.54) is 11.1 Å². The van der Waals surface area contributed by atoms with Crippen LogP contribution in [0.2, 0.25) is 0 Å². The molecular weight excluding hydrogens is 376 g/mol. The van der Waals surface area contributed by atoms with Gasteiger partial charge >= 0.3 is 0 Å². The van der Waals surface area contributed by atoms with Gasteiger partial charge in [0.25, 0.3) is 0 Å². The molecule has 0 saturated carbocycles. The van der Waals surface area contributed by atoms with Crippen LogP contribution in [0, 0.1) is 6.92 Å². The molecule has 3 heterocycles. The Kier molecular flexibility index (Phi) is 5.90. The summed E-state index contributed by atoms with van der Waals surface area (Å²) in [6, 6.07) is 8.53. The van der Waals surface area contributed by atoms with Gasteiger partial charge in [0, 0.05) is 29.7 Å². The Morgan fingerprint density at radius 3 is 2.85 bits per heavy atom. The summed E-state index contributed by atoms with van der Waals surface area (Å²) in [6.45, 7) is 5.95. The molecule has 2 aromatic heterocycles. The molecule has 0 bridgehead atoms. The molecule has 1 aromatic carbocycles. The van der Waals surface area contributed by atoms with Crippen LogP contribution in [-0.4, -0.2) is 32.5 Å². The van der Waals surface area contributed by atoms with Gasteiger partial charge in [-0.05, 0) is 19.8 Å². The first kappa shape index (κ1) is 18.7. The number of thioether (sulfide) groups is 1. The van der Waals surface area contributed by atoms with E-state index >= 15 is 0 Å². The second-order valence-electron chi connectivity index (χ2n) is 6.80. The van der Waals surface area contributed by atoms with Gasteiger partial charge in [-0.1, -0.05) is 48.5 Å². The van der Waals surface area contributed by atoms with E-state index in [9.17, 15) is 0 Å². The molecular formula is C20H24N4OS2. The maximum atomic E-state index is 5.81. The highest BCUT2D eigenvalue weighted by Gasteiger charge is 2.20. The van der Waals surface area contributed by atoms with Gasteiger partial charge < -0.3 is 9.30 Å². The monoisotopic (exact) mass is 400 g/mol. The predicted octanol–water partition coefficient (Wildman–Crippen LogP) is 4.74. The van der Waals surface area contributed by atoms with E-state index < -0.39 is 0 Å². The number of rotatable bonds is 7. The molecule has 1 aliphatic rings. The molecule has 7 heteroatoms. The van der Waals surface area contributed by atoms with Crippen LogP contribution in [0.5, 0.6) is 0 Å². The summed E-state index contributed by atoms with van der Waals surface area (Å²) < 4.78 is 8.04. The highest BCUT2D eigenvalue weighted by molar-refractivity contribution is 7.98. The van der Waals surface area contributed by atoms with Gasteiger partial charge in [-0.15, -0.1) is 21.5 Å². The summed E-state index contributed by atoms with van der Waals surface area (Å²) in [5, 5.41) is 13.0. The van der Waals surface area contributed by atoms with E-state index in [1.54, 1.807) is 23.1 Å². The molecule has 0 radical (unpaired) electrons. The lowest BCUT2D eigenvalue weighted by atomic mass is 10.2. The van der Waals surface area contributed by atoms with Crippen molar-refractivity contribution >= 4 is 23.1 Å². The number of thiazole rings is 1. The van der Waals surface area contributed by atoms with Crippen LogP contribution in [0.1, 0.15) is 36.8 Å². The lowest BCUT2D eigenvalue weighted by molar-refractivity contribution is 0.0942. The van der Waals surface area contributed by atoms with Crippen molar-refractivity contribution in [2.45, 2.75) is 56.7 Å². The van der Waals surface area contributed by atoms with Crippen molar-refractivity contribution in [1.29, 1.82) is 0 Å². The fourth-order valence-corrected chi connectivity index (χ4v) is 4.99. The SMILES string of the molecule is CCc1nnc(SCc2csc(-c3ccc(C)cc3)n2)n1CC1CCCO1. The molecule has 1 unspecified atom stereocenters. The topological polar surface area (TPSA) is 52.8 Å². The number of hydrogen-bond acceptors (Lipinski definition) is 6. The normalized spacial score (nSPS) is 16.9. The standard InChI is InChI=1S/C20H24N4OS2/c1-3-18-22-23-20(24(18)11-17-5-4-10-25-17)27-13-16-12-26-19(21-16)15-8-6-14(2)7-9-15/h6-9,12,17H,3-5,10-11,13H2,1-2H3. The average molecular weight is 401 g/mol. The van der Waals surface area contributed by atoms with Crippen LogP contribution >= 0.6 is 23.1 Å². The second kappa shape index (κ2) is 8.54. The van der Waals surface area contributed by atoms with Gasteiger partial charge in [-0.2, -0.15) is 0 Å². The zero-order chi connectivity index (χ0) is 18.6. The minimum absolute atomic E-state index is 0.290. The smallest absolute Gasteiger partial charge is 0.191 e. The molecule has 0 aliphatic carbocycles. The Morgan fingerprint density at radius 2 is 2.11 bits per heavy atom. The van der Waals surface area contributed by atoms with Crippen molar-refractivity contribution < 1.29 is 4.74 Å². The third-order valence-corrected chi connectivity index (χ3v) is 6.66. The van der Waals surface area contributed by atoms with Gasteiger partial charge in [0.15, 0.2) is 5.16 Å². The molecule has 1 aliphatic heterocycles. The summed E-state index contributed by atoms with van der Waals surface area (Å²) in [5.74, 6) is 1.84. The molecule has 0 amide bonds. The molecule has 1 atom stereocenters. The Labute approximate surface area is 168 Å². The fourth-order valence-electron chi connectivity index (χ4n) is 3.20.